The summed E-state index contributed by atoms with van der Waals surface area (Å²) in [6, 6.07) is 8.98. The average Bonchev–Trinajstić information content (AvgIpc) is 3.19. The maximum Gasteiger partial charge on any atom is 0.330 e. The van der Waals surface area contributed by atoms with E-state index in [1.165, 1.54) is 50.6 Å². The second-order valence-electron chi connectivity index (χ2n) is 13.2. The zero-order valence-electron chi connectivity index (χ0n) is 30.3. The fraction of sp³-hybridized carbons (Fsp3) is 0.583. The van der Waals surface area contributed by atoms with Crippen LogP contribution < -0.4 is 9.47 Å². The number of carbonyl (C=O) groups is 1. The third-order valence-electron chi connectivity index (χ3n) is 9.43. The maximum atomic E-state index is 12.8. The first-order chi connectivity index (χ1) is 26.8. The summed E-state index contributed by atoms with van der Waals surface area (Å²) in [5.74, 6) is -0.750. The highest BCUT2D eigenvalue weighted by Crippen LogP contribution is 2.34. The molecule has 5 rings (SSSR count). The number of benzene rings is 2. The monoisotopic (exact) mass is 800 g/mol. The molecule has 56 heavy (non-hydrogen) atoms. The number of aromatic hydroxyl groups is 2. The number of esters is 1. The molecule has 2 aromatic rings. The lowest BCUT2D eigenvalue weighted by Gasteiger charge is -2.48. The van der Waals surface area contributed by atoms with Gasteiger partial charge in [-0.25, -0.2) is 4.79 Å². The van der Waals surface area contributed by atoms with Crippen LogP contribution in [0.25, 0.3) is 6.08 Å². The van der Waals surface area contributed by atoms with Crippen LogP contribution >= 0.6 is 0 Å². The number of ether oxygens (including phenoxy) is 9. The molecule has 0 aromatic heterocycles. The Bertz CT molecular complexity index is 1610. The molecule has 2 aromatic carbocycles. The van der Waals surface area contributed by atoms with E-state index in [9.17, 15) is 55.9 Å². The number of phenols is 2. The van der Waals surface area contributed by atoms with Gasteiger partial charge in [0.2, 0.25) is 0 Å². The Kier molecular flexibility index (Phi) is 15.2. The van der Waals surface area contributed by atoms with Crippen LogP contribution in [0.15, 0.2) is 42.5 Å². The van der Waals surface area contributed by atoms with E-state index >= 15 is 0 Å². The summed E-state index contributed by atoms with van der Waals surface area (Å²) < 4.78 is 50.5. The van der Waals surface area contributed by atoms with Gasteiger partial charge < -0.3 is 93.7 Å². The first-order valence-electron chi connectivity index (χ1n) is 17.6. The van der Waals surface area contributed by atoms with Gasteiger partial charge in [-0.05, 0) is 47.9 Å². The first kappa shape index (κ1) is 43.4. The van der Waals surface area contributed by atoms with Gasteiger partial charge in [0, 0.05) is 6.08 Å². The number of aliphatic hydroxyl groups excluding tert-OH is 8. The second kappa shape index (κ2) is 19.6. The zero-order valence-corrected chi connectivity index (χ0v) is 30.3. The molecule has 0 unspecified atom stereocenters. The van der Waals surface area contributed by atoms with Gasteiger partial charge in [0.05, 0.1) is 34.0 Å². The Morgan fingerprint density at radius 2 is 1.45 bits per heavy atom. The number of aliphatic hydroxyl groups is 8. The molecule has 0 spiro atoms. The van der Waals surface area contributed by atoms with E-state index in [0.29, 0.717) is 11.1 Å². The van der Waals surface area contributed by atoms with Crippen molar-refractivity contribution >= 4 is 12.0 Å². The minimum Gasteiger partial charge on any atom is -0.504 e. The Balaban J connectivity index is 1.41. The summed E-state index contributed by atoms with van der Waals surface area (Å²) in [6.45, 7) is -2.07. The van der Waals surface area contributed by atoms with Gasteiger partial charge in [-0.3, -0.25) is 0 Å². The van der Waals surface area contributed by atoms with Crippen molar-refractivity contribution in [2.24, 2.45) is 0 Å². The molecular weight excluding hydrogens is 752 g/mol. The number of carbonyl (C=O) groups excluding carboxylic acids is 1. The molecule has 3 fully saturated rings. The highest BCUT2D eigenvalue weighted by atomic mass is 16.8. The summed E-state index contributed by atoms with van der Waals surface area (Å²) in [4.78, 5) is 12.8. The van der Waals surface area contributed by atoms with Gasteiger partial charge in [0.15, 0.2) is 41.9 Å². The molecule has 3 heterocycles. The molecule has 20 nitrogen and oxygen atoms in total. The predicted octanol–water partition coefficient (Wildman–Crippen LogP) is -2.97. The van der Waals surface area contributed by atoms with Crippen LogP contribution in [0.5, 0.6) is 23.0 Å². The van der Waals surface area contributed by atoms with Crippen molar-refractivity contribution in [2.45, 2.75) is 92.4 Å². The molecule has 3 aliphatic rings. The van der Waals surface area contributed by atoms with E-state index in [-0.39, 0.29) is 36.0 Å². The van der Waals surface area contributed by atoms with Gasteiger partial charge in [0.25, 0.3) is 0 Å². The van der Waals surface area contributed by atoms with Crippen molar-refractivity contribution < 1.29 is 98.5 Å². The third kappa shape index (κ3) is 10.2. The Morgan fingerprint density at radius 3 is 2.14 bits per heavy atom. The van der Waals surface area contributed by atoms with Crippen molar-refractivity contribution in [3.63, 3.8) is 0 Å². The van der Waals surface area contributed by atoms with E-state index < -0.39 is 112 Å². The van der Waals surface area contributed by atoms with Crippen LogP contribution in [0, 0.1) is 0 Å². The van der Waals surface area contributed by atoms with Crippen LogP contribution in [0.3, 0.4) is 0 Å². The van der Waals surface area contributed by atoms with Gasteiger partial charge >= 0.3 is 5.97 Å². The molecule has 312 valence electrons. The number of hydrogen-bond acceptors (Lipinski definition) is 20. The van der Waals surface area contributed by atoms with Crippen LogP contribution in [0.4, 0.5) is 0 Å². The minimum absolute atomic E-state index is 0.115. The van der Waals surface area contributed by atoms with Crippen molar-refractivity contribution in [1.82, 2.24) is 0 Å². The average molecular weight is 801 g/mol. The van der Waals surface area contributed by atoms with E-state index in [0.717, 1.165) is 6.08 Å². The first-order valence-corrected chi connectivity index (χ1v) is 17.6. The molecule has 3 aliphatic heterocycles. The van der Waals surface area contributed by atoms with E-state index in [1.54, 1.807) is 6.07 Å². The van der Waals surface area contributed by atoms with Crippen molar-refractivity contribution in [3.05, 3.63) is 53.6 Å². The lowest BCUT2D eigenvalue weighted by Crippen LogP contribution is -2.66. The summed E-state index contributed by atoms with van der Waals surface area (Å²) in [6.07, 6.45) is -21.2. The molecule has 0 radical (unpaired) electrons. The maximum absolute atomic E-state index is 12.8. The number of methoxy groups -OCH3 is 2. The smallest absolute Gasteiger partial charge is 0.330 e. The number of rotatable bonds is 15. The molecule has 0 aliphatic carbocycles. The molecule has 0 bridgehead atoms. The number of hydrogen-bond donors (Lipinski definition) is 10. The van der Waals surface area contributed by atoms with Crippen molar-refractivity contribution in [3.8, 4) is 23.0 Å². The molecule has 0 amide bonds. The fourth-order valence-corrected chi connectivity index (χ4v) is 6.21. The zero-order chi connectivity index (χ0) is 40.7. The second-order valence-corrected chi connectivity index (χ2v) is 13.2. The van der Waals surface area contributed by atoms with Crippen LogP contribution in [-0.2, 0) is 44.4 Å². The Morgan fingerprint density at radius 1 is 0.750 bits per heavy atom. The SMILES string of the molecule is COc1ccc(CCO[C@@H]2O[C@H](COC(=O)C=Cc3ccc(O)c(OC)c3)[C@@H](O)[C@H](O[C@@H]3O[C@H](CO)[C@@H](O)[C@H](O)[C@H]3O)[C@H]2O[C@@H]2OC[C@H](O)[C@H](O)[C@H]2O)cc1O. The molecule has 10 N–H and O–H groups in total. The van der Waals surface area contributed by atoms with Crippen LogP contribution in [-0.4, -0.2) is 184 Å². The van der Waals surface area contributed by atoms with Gasteiger partial charge in [-0.15, -0.1) is 0 Å². The molecule has 14 atom stereocenters. The largest absolute Gasteiger partial charge is 0.504 e. The number of phenolic OH excluding ortho intramolecular Hbond substituents is 2. The lowest BCUT2D eigenvalue weighted by molar-refractivity contribution is -0.386. The van der Waals surface area contributed by atoms with Crippen molar-refractivity contribution in [2.75, 3.05) is 40.6 Å². The highest BCUT2D eigenvalue weighted by Gasteiger charge is 2.54. The standard InChI is InChI=1S/C36H48O20/c1-48-21-7-4-17(11-19(21)39)9-10-50-36-33(56-34-30(46)26(42)20(40)14-52-34)32(55-35-31(47)29(45)27(43)23(13-37)53-35)28(44)24(54-36)15-51-25(41)8-5-16-3-6-18(38)22(12-16)49-2/h3-8,11-12,20,23-24,26-40,42-47H,9-10,13-15H2,1-2H3/t20-,23+,24+,26-,27+,28+,29-,30+,31+,32-,33+,34-,35-,36+/m0/s1. The fourth-order valence-electron chi connectivity index (χ4n) is 6.21. The van der Waals surface area contributed by atoms with Crippen molar-refractivity contribution in [1.29, 1.82) is 0 Å². The predicted molar refractivity (Wildman–Crippen MR) is 185 cm³/mol. The summed E-state index contributed by atoms with van der Waals surface area (Å²) in [5.41, 5.74) is 1.07. The van der Waals surface area contributed by atoms with Gasteiger partial charge in [0.1, 0.15) is 73.8 Å². The summed E-state index contributed by atoms with van der Waals surface area (Å²) in [7, 11) is 2.74. The van der Waals surface area contributed by atoms with E-state index in [2.05, 4.69) is 0 Å². The van der Waals surface area contributed by atoms with E-state index in [4.69, 9.17) is 42.6 Å². The Hall–Kier alpha value is -3.71. The topological polar surface area (TPSA) is 302 Å². The van der Waals surface area contributed by atoms with Crippen LogP contribution in [0.2, 0.25) is 0 Å². The minimum atomic E-state index is -1.95. The van der Waals surface area contributed by atoms with E-state index in [1.807, 2.05) is 0 Å². The normalized spacial score (nSPS) is 35.0. The molecular formula is C36H48O20. The third-order valence-corrected chi connectivity index (χ3v) is 9.43. The summed E-state index contributed by atoms with van der Waals surface area (Å²) in [5, 5.41) is 104. The van der Waals surface area contributed by atoms with Gasteiger partial charge in [-0.2, -0.15) is 0 Å². The Labute approximate surface area is 320 Å². The molecule has 3 saturated heterocycles. The highest BCUT2D eigenvalue weighted by molar-refractivity contribution is 5.87. The quantitative estimate of drug-likeness (QED) is 0.0635. The van der Waals surface area contributed by atoms with Crippen LogP contribution in [0.1, 0.15) is 11.1 Å². The van der Waals surface area contributed by atoms with Gasteiger partial charge in [-0.1, -0.05) is 12.1 Å². The molecule has 20 heteroatoms. The lowest BCUT2D eigenvalue weighted by atomic mass is 9.96. The summed E-state index contributed by atoms with van der Waals surface area (Å²) >= 11 is 0. The molecule has 0 saturated carbocycles.